The average molecular weight is 304 g/mol. The van der Waals surface area contributed by atoms with Crippen molar-refractivity contribution in [2.45, 2.75) is 39.2 Å². The smallest absolute Gasteiger partial charge is 0.305 e. The van der Waals surface area contributed by atoms with Crippen LogP contribution in [0.2, 0.25) is 0 Å². The molecule has 2 rings (SSSR count). The molecule has 22 heavy (non-hydrogen) atoms. The van der Waals surface area contributed by atoms with E-state index in [0.29, 0.717) is 5.56 Å². The number of carbonyl (C=O) groups is 2. The Hall–Kier alpha value is -2.04. The van der Waals surface area contributed by atoms with E-state index in [1.807, 2.05) is 32.0 Å². The van der Waals surface area contributed by atoms with Crippen molar-refractivity contribution in [3.8, 4) is 0 Å². The number of benzene rings is 1. The first-order valence-electron chi connectivity index (χ1n) is 7.85. The molecule has 5 nitrogen and oxygen atoms in total. The number of carboxylic acid groups (broad SMARTS) is 1. The van der Waals surface area contributed by atoms with Gasteiger partial charge in [0, 0.05) is 24.8 Å². The van der Waals surface area contributed by atoms with Crippen LogP contribution < -0.4 is 10.2 Å². The van der Waals surface area contributed by atoms with Crippen LogP contribution in [0.5, 0.6) is 0 Å². The third-order valence-corrected chi connectivity index (χ3v) is 4.11. The molecule has 0 aromatic heterocycles. The number of aliphatic carboxylic acids is 1. The highest BCUT2D eigenvalue weighted by Crippen LogP contribution is 2.24. The lowest BCUT2D eigenvalue weighted by Gasteiger charge is -2.24. The number of carbonyl (C=O) groups excluding carboxylic acids is 1. The van der Waals surface area contributed by atoms with Gasteiger partial charge in [-0.15, -0.1) is 0 Å². The third kappa shape index (κ3) is 4.00. The Kier molecular flexibility index (Phi) is 5.41. The number of anilines is 1. The van der Waals surface area contributed by atoms with Gasteiger partial charge in [-0.2, -0.15) is 0 Å². The van der Waals surface area contributed by atoms with Crippen LogP contribution in [0.1, 0.15) is 43.5 Å². The molecule has 1 saturated heterocycles. The van der Waals surface area contributed by atoms with E-state index in [1.54, 1.807) is 6.07 Å². The van der Waals surface area contributed by atoms with Crippen molar-refractivity contribution in [3.63, 3.8) is 0 Å². The summed E-state index contributed by atoms with van der Waals surface area (Å²) in [5.74, 6) is -1.02. The van der Waals surface area contributed by atoms with Crippen molar-refractivity contribution in [2.75, 3.05) is 18.0 Å². The van der Waals surface area contributed by atoms with Crippen LogP contribution in [0.25, 0.3) is 0 Å². The van der Waals surface area contributed by atoms with Crippen molar-refractivity contribution in [3.05, 3.63) is 29.8 Å². The molecule has 1 amide bonds. The number of nitrogens with zero attached hydrogens (tertiary/aromatic N) is 1. The van der Waals surface area contributed by atoms with Crippen molar-refractivity contribution in [2.24, 2.45) is 5.92 Å². The zero-order valence-electron chi connectivity index (χ0n) is 13.2. The van der Waals surface area contributed by atoms with Gasteiger partial charge in [-0.3, -0.25) is 9.59 Å². The highest BCUT2D eigenvalue weighted by atomic mass is 16.4. The number of rotatable bonds is 6. The van der Waals surface area contributed by atoms with Crippen molar-refractivity contribution in [1.29, 1.82) is 0 Å². The number of carboxylic acids is 1. The maximum atomic E-state index is 12.6. The Balaban J connectivity index is 2.16. The van der Waals surface area contributed by atoms with Gasteiger partial charge in [-0.05, 0) is 30.9 Å². The predicted octanol–water partition coefficient (Wildman–Crippen LogP) is 2.52. The molecule has 0 radical (unpaired) electrons. The molecular weight excluding hydrogens is 280 g/mol. The molecule has 0 bridgehead atoms. The molecule has 1 aliphatic heterocycles. The molecule has 1 heterocycles. The van der Waals surface area contributed by atoms with Crippen LogP contribution in [0, 0.1) is 5.92 Å². The molecule has 0 spiro atoms. The van der Waals surface area contributed by atoms with E-state index in [-0.39, 0.29) is 24.3 Å². The van der Waals surface area contributed by atoms with Gasteiger partial charge in [0.25, 0.3) is 5.91 Å². The summed E-state index contributed by atoms with van der Waals surface area (Å²) < 4.78 is 0. The van der Waals surface area contributed by atoms with Gasteiger partial charge in [0.05, 0.1) is 12.0 Å². The SMILES string of the molecule is CC(C)C(CC(=O)O)NC(=O)c1ccccc1N1CCCC1. The minimum atomic E-state index is -0.896. The highest BCUT2D eigenvalue weighted by Gasteiger charge is 2.23. The summed E-state index contributed by atoms with van der Waals surface area (Å²) in [4.78, 5) is 25.8. The lowest BCUT2D eigenvalue weighted by atomic mass is 10.00. The monoisotopic (exact) mass is 304 g/mol. The van der Waals surface area contributed by atoms with Gasteiger partial charge in [0.2, 0.25) is 0 Å². The quantitative estimate of drug-likeness (QED) is 0.847. The van der Waals surface area contributed by atoms with Crippen LogP contribution in [-0.4, -0.2) is 36.1 Å². The second-order valence-corrected chi connectivity index (χ2v) is 6.13. The van der Waals surface area contributed by atoms with Crippen LogP contribution in [0.4, 0.5) is 5.69 Å². The molecule has 1 unspecified atom stereocenters. The highest BCUT2D eigenvalue weighted by molar-refractivity contribution is 6.00. The normalized spacial score (nSPS) is 15.9. The predicted molar refractivity (Wildman–Crippen MR) is 86.2 cm³/mol. The molecule has 1 atom stereocenters. The summed E-state index contributed by atoms with van der Waals surface area (Å²) in [6, 6.07) is 7.18. The molecule has 1 aromatic carbocycles. The fourth-order valence-corrected chi connectivity index (χ4v) is 2.79. The van der Waals surface area contributed by atoms with Crippen LogP contribution in [-0.2, 0) is 4.79 Å². The molecule has 0 saturated carbocycles. The Morgan fingerprint density at radius 3 is 2.45 bits per heavy atom. The van der Waals surface area contributed by atoms with Gasteiger partial charge in [-0.25, -0.2) is 0 Å². The maximum Gasteiger partial charge on any atom is 0.305 e. The average Bonchev–Trinajstić information content (AvgIpc) is 3.00. The van der Waals surface area contributed by atoms with Gasteiger partial charge in [-0.1, -0.05) is 26.0 Å². The number of hydrogen-bond acceptors (Lipinski definition) is 3. The molecule has 0 aliphatic carbocycles. The molecular formula is C17H24N2O3. The largest absolute Gasteiger partial charge is 0.481 e. The summed E-state index contributed by atoms with van der Waals surface area (Å²) in [7, 11) is 0. The molecule has 1 fully saturated rings. The lowest BCUT2D eigenvalue weighted by molar-refractivity contribution is -0.137. The van der Waals surface area contributed by atoms with Crippen LogP contribution in [0.15, 0.2) is 24.3 Å². The number of hydrogen-bond donors (Lipinski definition) is 2. The van der Waals surface area contributed by atoms with Crippen LogP contribution >= 0.6 is 0 Å². The van der Waals surface area contributed by atoms with Crippen molar-refractivity contribution >= 4 is 17.6 Å². The van der Waals surface area contributed by atoms with Gasteiger partial charge < -0.3 is 15.3 Å². The second kappa shape index (κ2) is 7.29. The first-order valence-corrected chi connectivity index (χ1v) is 7.85. The lowest BCUT2D eigenvalue weighted by Crippen LogP contribution is -2.40. The summed E-state index contributed by atoms with van der Waals surface area (Å²) >= 11 is 0. The Labute approximate surface area is 131 Å². The zero-order chi connectivity index (χ0) is 16.1. The van der Waals surface area contributed by atoms with E-state index < -0.39 is 5.97 Å². The Morgan fingerprint density at radius 1 is 1.23 bits per heavy atom. The second-order valence-electron chi connectivity index (χ2n) is 6.13. The zero-order valence-corrected chi connectivity index (χ0v) is 13.2. The molecule has 1 aromatic rings. The van der Waals surface area contributed by atoms with Gasteiger partial charge in [0.1, 0.15) is 0 Å². The van der Waals surface area contributed by atoms with E-state index >= 15 is 0 Å². The van der Waals surface area contributed by atoms with Crippen LogP contribution in [0.3, 0.4) is 0 Å². The molecule has 1 aliphatic rings. The topological polar surface area (TPSA) is 69.6 Å². The molecule has 5 heteroatoms. The summed E-state index contributed by atoms with van der Waals surface area (Å²) in [6.07, 6.45) is 2.22. The number of amides is 1. The molecule has 2 N–H and O–H groups in total. The fraction of sp³-hybridized carbons (Fsp3) is 0.529. The summed E-state index contributed by atoms with van der Waals surface area (Å²) in [5.41, 5.74) is 1.57. The van der Waals surface area contributed by atoms with Gasteiger partial charge >= 0.3 is 5.97 Å². The first-order chi connectivity index (χ1) is 10.5. The van der Waals surface area contributed by atoms with E-state index in [2.05, 4.69) is 10.2 Å². The minimum absolute atomic E-state index is 0.0602. The fourth-order valence-electron chi connectivity index (χ4n) is 2.79. The third-order valence-electron chi connectivity index (χ3n) is 4.11. The Bertz CT molecular complexity index is 536. The number of nitrogens with one attached hydrogen (secondary N) is 1. The standard InChI is InChI=1S/C17H24N2O3/c1-12(2)14(11-16(20)21)18-17(22)13-7-3-4-8-15(13)19-9-5-6-10-19/h3-4,7-8,12,14H,5-6,9-11H2,1-2H3,(H,18,22)(H,20,21). The van der Waals surface area contributed by atoms with E-state index in [1.165, 1.54) is 0 Å². The summed E-state index contributed by atoms with van der Waals surface area (Å²) in [5, 5.41) is 11.9. The molecule has 120 valence electrons. The first kappa shape index (κ1) is 16.3. The summed E-state index contributed by atoms with van der Waals surface area (Å²) in [6.45, 7) is 5.76. The maximum absolute atomic E-state index is 12.6. The van der Waals surface area contributed by atoms with E-state index in [0.717, 1.165) is 31.6 Å². The van der Waals surface area contributed by atoms with Gasteiger partial charge in [0.15, 0.2) is 0 Å². The van der Waals surface area contributed by atoms with E-state index in [9.17, 15) is 9.59 Å². The number of para-hydroxylation sites is 1. The van der Waals surface area contributed by atoms with Crippen molar-refractivity contribution in [1.82, 2.24) is 5.32 Å². The van der Waals surface area contributed by atoms with E-state index in [4.69, 9.17) is 5.11 Å². The Morgan fingerprint density at radius 2 is 1.86 bits per heavy atom. The minimum Gasteiger partial charge on any atom is -0.481 e. The van der Waals surface area contributed by atoms with Crippen molar-refractivity contribution < 1.29 is 14.7 Å².